The van der Waals surface area contributed by atoms with Gasteiger partial charge in [-0.2, -0.15) is 0 Å². The molecule has 2 rings (SSSR count). The number of methoxy groups -OCH3 is 1. The molecule has 0 saturated carbocycles. The molecule has 3 nitrogen and oxygen atoms in total. The van der Waals surface area contributed by atoms with Crippen LogP contribution in [0.15, 0.2) is 36.7 Å². The Kier molecular flexibility index (Phi) is 4.74. The fourth-order valence-electron chi connectivity index (χ4n) is 2.43. The van der Waals surface area contributed by atoms with E-state index in [1.54, 1.807) is 7.11 Å². The monoisotopic (exact) mass is 270 g/mol. The Balaban J connectivity index is 2.50. The van der Waals surface area contributed by atoms with Crippen molar-refractivity contribution in [3.63, 3.8) is 0 Å². The van der Waals surface area contributed by atoms with Crippen LogP contribution in [0, 0.1) is 13.8 Å². The highest BCUT2D eigenvalue weighted by Crippen LogP contribution is 2.30. The predicted octanol–water partition coefficient (Wildman–Crippen LogP) is 3.41. The molecule has 1 atom stereocenters. The molecule has 0 saturated heterocycles. The van der Waals surface area contributed by atoms with Gasteiger partial charge < -0.3 is 10.1 Å². The van der Waals surface area contributed by atoms with E-state index in [9.17, 15) is 0 Å². The SMILES string of the molecule is CCNC(c1cncc(C)c1)c1cc(C)ccc1OC. The van der Waals surface area contributed by atoms with Crippen LogP contribution in [0.4, 0.5) is 0 Å². The molecule has 3 heteroatoms. The third-order valence-corrected chi connectivity index (χ3v) is 3.33. The maximum atomic E-state index is 5.52. The summed E-state index contributed by atoms with van der Waals surface area (Å²) in [6, 6.07) is 8.54. The molecule has 1 aromatic carbocycles. The molecular weight excluding hydrogens is 248 g/mol. The van der Waals surface area contributed by atoms with E-state index in [-0.39, 0.29) is 6.04 Å². The smallest absolute Gasteiger partial charge is 0.124 e. The van der Waals surface area contributed by atoms with Crippen LogP contribution in [0.1, 0.15) is 35.2 Å². The van der Waals surface area contributed by atoms with Crippen molar-refractivity contribution in [3.8, 4) is 5.75 Å². The Hall–Kier alpha value is -1.87. The average Bonchev–Trinajstić information content (AvgIpc) is 2.44. The van der Waals surface area contributed by atoms with Crippen LogP contribution < -0.4 is 10.1 Å². The van der Waals surface area contributed by atoms with Gasteiger partial charge in [-0.1, -0.05) is 30.7 Å². The summed E-state index contributed by atoms with van der Waals surface area (Å²) in [5.74, 6) is 0.906. The van der Waals surface area contributed by atoms with Crippen LogP contribution in [-0.2, 0) is 0 Å². The minimum absolute atomic E-state index is 0.0993. The quantitative estimate of drug-likeness (QED) is 0.904. The molecule has 0 bridgehead atoms. The molecule has 1 unspecified atom stereocenters. The fourth-order valence-corrected chi connectivity index (χ4v) is 2.43. The first-order chi connectivity index (χ1) is 9.65. The molecule has 0 radical (unpaired) electrons. The molecular formula is C17H22N2O. The second-order valence-corrected chi connectivity index (χ2v) is 5.03. The van der Waals surface area contributed by atoms with Crippen molar-refractivity contribution in [1.82, 2.24) is 10.3 Å². The van der Waals surface area contributed by atoms with E-state index in [4.69, 9.17) is 4.74 Å². The van der Waals surface area contributed by atoms with Crippen molar-refractivity contribution in [3.05, 3.63) is 58.9 Å². The number of benzene rings is 1. The van der Waals surface area contributed by atoms with Gasteiger partial charge in [0, 0.05) is 18.0 Å². The number of nitrogens with zero attached hydrogens (tertiary/aromatic N) is 1. The number of hydrogen-bond donors (Lipinski definition) is 1. The van der Waals surface area contributed by atoms with Gasteiger partial charge in [0.2, 0.25) is 0 Å². The molecule has 0 amide bonds. The van der Waals surface area contributed by atoms with E-state index in [0.29, 0.717) is 0 Å². The molecule has 106 valence electrons. The normalized spacial score (nSPS) is 12.2. The second kappa shape index (κ2) is 6.53. The molecule has 0 aliphatic heterocycles. The lowest BCUT2D eigenvalue weighted by Gasteiger charge is -2.21. The van der Waals surface area contributed by atoms with Crippen LogP contribution in [0.25, 0.3) is 0 Å². The summed E-state index contributed by atoms with van der Waals surface area (Å²) in [4.78, 5) is 4.31. The highest BCUT2D eigenvalue weighted by atomic mass is 16.5. The maximum absolute atomic E-state index is 5.52. The molecule has 20 heavy (non-hydrogen) atoms. The summed E-state index contributed by atoms with van der Waals surface area (Å²) in [6.45, 7) is 7.15. The van der Waals surface area contributed by atoms with E-state index in [1.807, 2.05) is 18.5 Å². The Bertz CT molecular complexity index is 581. The van der Waals surface area contributed by atoms with Crippen molar-refractivity contribution in [2.75, 3.05) is 13.7 Å². The minimum atomic E-state index is 0.0993. The van der Waals surface area contributed by atoms with E-state index in [2.05, 4.69) is 49.3 Å². The third kappa shape index (κ3) is 3.17. The zero-order valence-electron chi connectivity index (χ0n) is 12.6. The maximum Gasteiger partial charge on any atom is 0.124 e. The predicted molar refractivity (Wildman–Crippen MR) is 82.2 cm³/mol. The van der Waals surface area contributed by atoms with E-state index < -0.39 is 0 Å². The summed E-state index contributed by atoms with van der Waals surface area (Å²) in [5, 5.41) is 3.52. The molecule has 1 aromatic heterocycles. The number of pyridine rings is 1. The summed E-state index contributed by atoms with van der Waals surface area (Å²) in [5.41, 5.74) is 4.71. The number of hydrogen-bond acceptors (Lipinski definition) is 3. The molecule has 1 N–H and O–H groups in total. The Morgan fingerprint density at radius 1 is 1.15 bits per heavy atom. The highest BCUT2D eigenvalue weighted by Gasteiger charge is 2.18. The minimum Gasteiger partial charge on any atom is -0.496 e. The van der Waals surface area contributed by atoms with Gasteiger partial charge in [-0.3, -0.25) is 4.98 Å². The van der Waals surface area contributed by atoms with E-state index in [0.717, 1.165) is 29.0 Å². The second-order valence-electron chi connectivity index (χ2n) is 5.03. The summed E-state index contributed by atoms with van der Waals surface area (Å²) < 4.78 is 5.52. The van der Waals surface area contributed by atoms with Crippen LogP contribution in [0.3, 0.4) is 0 Å². The van der Waals surface area contributed by atoms with E-state index >= 15 is 0 Å². The molecule has 2 aromatic rings. The van der Waals surface area contributed by atoms with Gasteiger partial charge in [-0.25, -0.2) is 0 Å². The van der Waals surface area contributed by atoms with Gasteiger partial charge in [0.05, 0.1) is 13.2 Å². The Morgan fingerprint density at radius 2 is 1.95 bits per heavy atom. The number of aryl methyl sites for hydroxylation is 2. The first-order valence-corrected chi connectivity index (χ1v) is 6.95. The zero-order chi connectivity index (χ0) is 14.5. The largest absolute Gasteiger partial charge is 0.496 e. The van der Waals surface area contributed by atoms with Gasteiger partial charge >= 0.3 is 0 Å². The molecule has 0 aliphatic rings. The molecule has 0 aliphatic carbocycles. The summed E-state index contributed by atoms with van der Waals surface area (Å²) >= 11 is 0. The number of ether oxygens (including phenoxy) is 1. The Morgan fingerprint density at radius 3 is 2.60 bits per heavy atom. The van der Waals surface area contributed by atoms with Crippen LogP contribution >= 0.6 is 0 Å². The molecule has 0 fully saturated rings. The lowest BCUT2D eigenvalue weighted by Crippen LogP contribution is -2.23. The summed E-state index contributed by atoms with van der Waals surface area (Å²) in [7, 11) is 1.71. The first kappa shape index (κ1) is 14.5. The number of aromatic nitrogens is 1. The van der Waals surface area contributed by atoms with Gasteiger partial charge in [0.1, 0.15) is 5.75 Å². The fraction of sp³-hybridized carbons (Fsp3) is 0.353. The van der Waals surface area contributed by atoms with Crippen LogP contribution in [0.2, 0.25) is 0 Å². The van der Waals surface area contributed by atoms with Crippen LogP contribution in [0.5, 0.6) is 5.75 Å². The molecule has 1 heterocycles. The zero-order valence-corrected chi connectivity index (χ0v) is 12.6. The van der Waals surface area contributed by atoms with Crippen molar-refractivity contribution in [2.45, 2.75) is 26.8 Å². The van der Waals surface area contributed by atoms with Crippen molar-refractivity contribution < 1.29 is 4.74 Å². The van der Waals surface area contributed by atoms with Gasteiger partial charge in [-0.15, -0.1) is 0 Å². The lowest BCUT2D eigenvalue weighted by molar-refractivity contribution is 0.404. The average molecular weight is 270 g/mol. The lowest BCUT2D eigenvalue weighted by atomic mass is 9.96. The topological polar surface area (TPSA) is 34.2 Å². The van der Waals surface area contributed by atoms with Gasteiger partial charge in [-0.05, 0) is 37.6 Å². The van der Waals surface area contributed by atoms with Gasteiger partial charge in [0.15, 0.2) is 0 Å². The third-order valence-electron chi connectivity index (χ3n) is 3.33. The number of rotatable bonds is 5. The molecule has 0 spiro atoms. The van der Waals surface area contributed by atoms with Crippen molar-refractivity contribution in [1.29, 1.82) is 0 Å². The highest BCUT2D eigenvalue weighted by molar-refractivity contribution is 5.43. The first-order valence-electron chi connectivity index (χ1n) is 6.95. The standard InChI is InChI=1S/C17H22N2O/c1-5-19-17(14-8-13(3)10-18-11-14)15-9-12(2)6-7-16(15)20-4/h6-11,17,19H,5H2,1-4H3. The van der Waals surface area contributed by atoms with Crippen molar-refractivity contribution in [2.24, 2.45) is 0 Å². The van der Waals surface area contributed by atoms with Crippen LogP contribution in [-0.4, -0.2) is 18.6 Å². The van der Waals surface area contributed by atoms with Crippen molar-refractivity contribution >= 4 is 0 Å². The summed E-state index contributed by atoms with van der Waals surface area (Å²) in [6.07, 6.45) is 3.79. The van der Waals surface area contributed by atoms with E-state index in [1.165, 1.54) is 5.56 Å². The van der Waals surface area contributed by atoms with Gasteiger partial charge in [0.25, 0.3) is 0 Å². The Labute approximate surface area is 121 Å². The number of nitrogens with one attached hydrogen (secondary N) is 1.